The first-order valence-electron chi connectivity index (χ1n) is 4.97. The zero-order valence-corrected chi connectivity index (χ0v) is 8.92. The summed E-state index contributed by atoms with van der Waals surface area (Å²) in [4.78, 5) is 15.8. The molecule has 0 amide bonds. The fourth-order valence-corrected chi connectivity index (χ4v) is 1.59. The van der Waals surface area contributed by atoms with Gasteiger partial charge in [0.1, 0.15) is 6.10 Å². The lowest BCUT2D eigenvalue weighted by Crippen LogP contribution is -2.29. The summed E-state index contributed by atoms with van der Waals surface area (Å²) in [5, 5.41) is 9.36. The predicted octanol–water partition coefficient (Wildman–Crippen LogP) is 0.0756. The average Bonchev–Trinajstić information content (AvgIpc) is 2.68. The number of nitrogens with zero attached hydrogens (tertiary/aromatic N) is 2. The Morgan fingerprint density at radius 3 is 3.06 bits per heavy atom. The van der Waals surface area contributed by atoms with Crippen LogP contribution in [-0.4, -0.2) is 33.1 Å². The van der Waals surface area contributed by atoms with Crippen molar-refractivity contribution in [3.63, 3.8) is 0 Å². The molecule has 3 N–H and O–H groups in total. The van der Waals surface area contributed by atoms with Crippen LogP contribution in [-0.2, 0) is 7.05 Å². The van der Waals surface area contributed by atoms with E-state index in [-0.39, 0.29) is 12.3 Å². The number of hydrogen-bond donors (Lipinski definition) is 2. The molecule has 0 spiro atoms. The number of rotatable bonds is 3. The Morgan fingerprint density at radius 2 is 2.38 bits per heavy atom. The molecule has 0 saturated carbocycles. The molecule has 0 aliphatic heterocycles. The molecule has 0 aliphatic rings. The van der Waals surface area contributed by atoms with Crippen LogP contribution >= 0.6 is 0 Å². The highest BCUT2D eigenvalue weighted by atomic mass is 16.3. The van der Waals surface area contributed by atoms with E-state index in [4.69, 9.17) is 5.73 Å². The van der Waals surface area contributed by atoms with Gasteiger partial charge in [-0.3, -0.25) is 4.79 Å². The number of carbonyl (C=O) groups is 1. The van der Waals surface area contributed by atoms with Gasteiger partial charge in [-0.15, -0.1) is 0 Å². The number of aryl methyl sites for hydroxylation is 1. The fraction of sp³-hybridized carbons (Fsp3) is 0.273. The summed E-state index contributed by atoms with van der Waals surface area (Å²) in [6.07, 6.45) is 0.541. The minimum Gasteiger partial charge on any atom is -0.384 e. The number of benzene rings is 1. The Kier molecular flexibility index (Phi) is 2.72. The van der Waals surface area contributed by atoms with Crippen molar-refractivity contribution in [2.45, 2.75) is 6.10 Å². The van der Waals surface area contributed by atoms with Crippen molar-refractivity contribution in [2.24, 2.45) is 12.8 Å². The highest BCUT2D eigenvalue weighted by Crippen LogP contribution is 2.15. The molecule has 1 aromatic heterocycles. The monoisotopic (exact) mass is 219 g/mol. The molecule has 2 aromatic rings. The summed E-state index contributed by atoms with van der Waals surface area (Å²) in [5.74, 6) is -0.366. The van der Waals surface area contributed by atoms with Crippen LogP contribution in [0.25, 0.3) is 11.0 Å². The third-order valence-corrected chi connectivity index (χ3v) is 2.54. The number of aliphatic hydroxyl groups excluding tert-OH is 1. The standard InChI is InChI=1S/C11H13N3O2/c1-14-6-13-8-4-7(2-3-9(8)14)11(16)10(15)5-12/h2-4,6,10,15H,5,12H2,1H3. The van der Waals surface area contributed by atoms with E-state index < -0.39 is 6.10 Å². The number of imidazole rings is 1. The van der Waals surface area contributed by atoms with Crippen LogP contribution in [0.2, 0.25) is 0 Å². The van der Waals surface area contributed by atoms with E-state index >= 15 is 0 Å². The number of Topliss-reactive ketones (excluding diaryl/α,β-unsaturated/α-hetero) is 1. The summed E-state index contributed by atoms with van der Waals surface area (Å²) in [6.45, 7) is -0.0703. The second kappa shape index (κ2) is 4.03. The van der Waals surface area contributed by atoms with Crippen molar-refractivity contribution in [2.75, 3.05) is 6.54 Å². The predicted molar refractivity (Wildman–Crippen MR) is 60.1 cm³/mol. The zero-order valence-electron chi connectivity index (χ0n) is 8.92. The van der Waals surface area contributed by atoms with E-state index in [1.165, 1.54) is 0 Å². The first kappa shape index (κ1) is 10.8. The number of fused-ring (bicyclic) bond motifs is 1. The average molecular weight is 219 g/mol. The highest BCUT2D eigenvalue weighted by molar-refractivity contribution is 6.01. The van der Waals surface area contributed by atoms with Gasteiger partial charge in [0.2, 0.25) is 0 Å². The Morgan fingerprint density at radius 1 is 1.62 bits per heavy atom. The molecule has 0 aliphatic carbocycles. The first-order valence-corrected chi connectivity index (χ1v) is 4.97. The van der Waals surface area contributed by atoms with Gasteiger partial charge in [0.15, 0.2) is 5.78 Å². The second-order valence-electron chi connectivity index (χ2n) is 3.67. The second-order valence-corrected chi connectivity index (χ2v) is 3.67. The van der Waals surface area contributed by atoms with E-state index in [0.717, 1.165) is 11.0 Å². The molecular weight excluding hydrogens is 206 g/mol. The number of aromatic nitrogens is 2. The molecule has 1 unspecified atom stereocenters. The molecule has 1 atom stereocenters. The largest absolute Gasteiger partial charge is 0.384 e. The highest BCUT2D eigenvalue weighted by Gasteiger charge is 2.16. The van der Waals surface area contributed by atoms with Gasteiger partial charge < -0.3 is 15.4 Å². The molecule has 0 fully saturated rings. The van der Waals surface area contributed by atoms with Crippen LogP contribution in [0.15, 0.2) is 24.5 Å². The van der Waals surface area contributed by atoms with Crippen molar-refractivity contribution >= 4 is 16.8 Å². The summed E-state index contributed by atoms with van der Waals surface area (Å²) in [6, 6.07) is 5.14. The molecule has 16 heavy (non-hydrogen) atoms. The van der Waals surface area contributed by atoms with Crippen LogP contribution in [0.4, 0.5) is 0 Å². The van der Waals surface area contributed by atoms with Crippen molar-refractivity contribution in [3.05, 3.63) is 30.1 Å². The maximum atomic E-state index is 11.7. The third-order valence-electron chi connectivity index (χ3n) is 2.54. The quantitative estimate of drug-likeness (QED) is 0.716. The smallest absolute Gasteiger partial charge is 0.192 e. The topological polar surface area (TPSA) is 81.1 Å². The maximum Gasteiger partial charge on any atom is 0.192 e. The van der Waals surface area contributed by atoms with Crippen molar-refractivity contribution < 1.29 is 9.90 Å². The molecule has 2 rings (SSSR count). The minimum absolute atomic E-state index is 0.0703. The molecular formula is C11H13N3O2. The van der Waals surface area contributed by atoms with Gasteiger partial charge in [-0.05, 0) is 18.2 Å². The number of carbonyl (C=O) groups excluding carboxylic acids is 1. The van der Waals surface area contributed by atoms with Gasteiger partial charge in [-0.2, -0.15) is 0 Å². The van der Waals surface area contributed by atoms with Crippen LogP contribution in [0.3, 0.4) is 0 Å². The number of hydrogen-bond acceptors (Lipinski definition) is 4. The van der Waals surface area contributed by atoms with Crippen molar-refractivity contribution in [3.8, 4) is 0 Å². The van der Waals surface area contributed by atoms with Crippen molar-refractivity contribution in [1.82, 2.24) is 9.55 Å². The number of nitrogens with two attached hydrogens (primary N) is 1. The Labute approximate surface area is 92.5 Å². The van der Waals surface area contributed by atoms with Gasteiger partial charge >= 0.3 is 0 Å². The Bertz CT molecular complexity index is 533. The Hall–Kier alpha value is -1.72. The zero-order chi connectivity index (χ0) is 11.7. The van der Waals surface area contributed by atoms with Gasteiger partial charge in [0.25, 0.3) is 0 Å². The first-order chi connectivity index (χ1) is 7.63. The molecule has 5 heteroatoms. The summed E-state index contributed by atoms with van der Waals surface area (Å²) in [7, 11) is 1.88. The van der Waals surface area contributed by atoms with Gasteiger partial charge in [0.05, 0.1) is 17.4 Å². The summed E-state index contributed by atoms with van der Waals surface area (Å²) >= 11 is 0. The minimum atomic E-state index is -1.14. The molecule has 84 valence electrons. The van der Waals surface area contributed by atoms with Crippen LogP contribution < -0.4 is 5.73 Å². The maximum absolute atomic E-state index is 11.7. The van der Waals surface area contributed by atoms with Gasteiger partial charge in [-0.1, -0.05) is 0 Å². The lowest BCUT2D eigenvalue weighted by atomic mass is 10.1. The van der Waals surface area contributed by atoms with Crippen LogP contribution in [0.1, 0.15) is 10.4 Å². The summed E-state index contributed by atoms with van der Waals surface area (Å²) in [5.41, 5.74) is 7.35. The third kappa shape index (κ3) is 1.70. The van der Waals surface area contributed by atoms with E-state index in [1.807, 2.05) is 11.6 Å². The van der Waals surface area contributed by atoms with Crippen molar-refractivity contribution in [1.29, 1.82) is 0 Å². The molecule has 5 nitrogen and oxygen atoms in total. The summed E-state index contributed by atoms with van der Waals surface area (Å²) < 4.78 is 1.86. The van der Waals surface area contributed by atoms with E-state index in [1.54, 1.807) is 24.5 Å². The molecule has 0 bridgehead atoms. The van der Waals surface area contributed by atoms with Gasteiger partial charge in [0, 0.05) is 19.2 Å². The van der Waals surface area contributed by atoms with Crippen LogP contribution in [0.5, 0.6) is 0 Å². The lowest BCUT2D eigenvalue weighted by molar-refractivity contribution is 0.0763. The van der Waals surface area contributed by atoms with Gasteiger partial charge in [-0.25, -0.2) is 4.98 Å². The lowest BCUT2D eigenvalue weighted by Gasteiger charge is -2.06. The Balaban J connectivity index is 2.43. The number of ketones is 1. The molecule has 0 radical (unpaired) electrons. The normalized spacial score (nSPS) is 12.9. The fourth-order valence-electron chi connectivity index (χ4n) is 1.59. The van der Waals surface area contributed by atoms with Crippen LogP contribution in [0, 0.1) is 0 Å². The SMILES string of the molecule is Cn1cnc2cc(C(=O)C(O)CN)ccc21. The van der Waals surface area contributed by atoms with E-state index in [0.29, 0.717) is 5.56 Å². The number of aliphatic hydroxyl groups is 1. The molecule has 1 aromatic carbocycles. The van der Waals surface area contributed by atoms with E-state index in [2.05, 4.69) is 4.98 Å². The van der Waals surface area contributed by atoms with E-state index in [9.17, 15) is 9.90 Å². The molecule has 1 heterocycles. The molecule has 0 saturated heterocycles.